The van der Waals surface area contributed by atoms with Gasteiger partial charge in [-0.15, -0.1) is 0 Å². The van der Waals surface area contributed by atoms with Crippen LogP contribution in [-0.2, 0) is 16.0 Å². The Morgan fingerprint density at radius 1 is 1.16 bits per heavy atom. The number of carbonyl (C=O) groups is 2. The molecule has 1 unspecified atom stereocenters. The summed E-state index contributed by atoms with van der Waals surface area (Å²) < 4.78 is 14.0. The first-order chi connectivity index (χ1) is 12.0. The number of benzene rings is 2. The number of anilines is 1. The second kappa shape index (κ2) is 7.95. The van der Waals surface area contributed by atoms with Crippen molar-refractivity contribution in [3.8, 4) is 0 Å². The van der Waals surface area contributed by atoms with E-state index in [1.54, 1.807) is 17.0 Å². The molecule has 0 aliphatic carbocycles. The molecule has 1 aliphatic heterocycles. The lowest BCUT2D eigenvalue weighted by Crippen LogP contribution is -2.30. The molecule has 0 bridgehead atoms. The van der Waals surface area contributed by atoms with Crippen molar-refractivity contribution in [2.45, 2.75) is 12.8 Å². The van der Waals surface area contributed by atoms with Crippen LogP contribution in [0.5, 0.6) is 0 Å². The summed E-state index contributed by atoms with van der Waals surface area (Å²) in [5.41, 5.74) is 1.71. The first kappa shape index (κ1) is 17.8. The van der Waals surface area contributed by atoms with Crippen molar-refractivity contribution in [3.05, 3.63) is 63.5 Å². The molecule has 2 aromatic rings. The maximum Gasteiger partial charge on any atom is 0.229 e. The second-order valence-corrected chi connectivity index (χ2v) is 7.36. The third-order valence-corrected chi connectivity index (χ3v) is 5.00. The molecule has 130 valence electrons. The first-order valence-electron chi connectivity index (χ1n) is 8.10. The van der Waals surface area contributed by atoms with E-state index in [4.69, 9.17) is 0 Å². The van der Waals surface area contributed by atoms with E-state index >= 15 is 0 Å². The molecule has 1 fully saturated rings. The number of carbonyl (C=O) groups excluding carboxylic acids is 2. The number of rotatable bonds is 5. The van der Waals surface area contributed by atoms with Crippen LogP contribution in [0.25, 0.3) is 0 Å². The van der Waals surface area contributed by atoms with Crippen molar-refractivity contribution in [2.24, 2.45) is 5.92 Å². The Morgan fingerprint density at radius 3 is 2.52 bits per heavy atom. The summed E-state index contributed by atoms with van der Waals surface area (Å²) in [6.45, 7) is 0.966. The van der Waals surface area contributed by atoms with Gasteiger partial charge in [-0.3, -0.25) is 9.59 Å². The van der Waals surface area contributed by atoms with Crippen molar-refractivity contribution in [1.29, 1.82) is 0 Å². The highest BCUT2D eigenvalue weighted by atomic mass is 127. The molecule has 4 nitrogen and oxygen atoms in total. The number of nitrogens with one attached hydrogen (secondary N) is 1. The predicted octanol–water partition coefficient (Wildman–Crippen LogP) is 3.46. The zero-order valence-electron chi connectivity index (χ0n) is 13.5. The lowest BCUT2D eigenvalue weighted by Gasteiger charge is -2.16. The molecule has 1 aliphatic rings. The van der Waals surface area contributed by atoms with E-state index in [-0.39, 0.29) is 30.0 Å². The van der Waals surface area contributed by atoms with Crippen LogP contribution in [0.1, 0.15) is 12.0 Å². The largest absolute Gasteiger partial charge is 0.342 e. The lowest BCUT2D eigenvalue weighted by atomic mass is 10.1. The number of likely N-dealkylation sites (tertiary alicyclic amines) is 1. The summed E-state index contributed by atoms with van der Waals surface area (Å²) in [5, 5.41) is 2.87. The lowest BCUT2D eigenvalue weighted by molar-refractivity contribution is -0.128. The zero-order valence-corrected chi connectivity index (χ0v) is 15.7. The third kappa shape index (κ3) is 4.78. The van der Waals surface area contributed by atoms with Crippen LogP contribution >= 0.6 is 22.6 Å². The van der Waals surface area contributed by atoms with Crippen LogP contribution < -0.4 is 5.32 Å². The van der Waals surface area contributed by atoms with Gasteiger partial charge in [0, 0.05) is 28.8 Å². The maximum atomic E-state index is 12.9. The van der Waals surface area contributed by atoms with Crippen molar-refractivity contribution in [2.75, 3.05) is 18.4 Å². The molecule has 1 heterocycles. The van der Waals surface area contributed by atoms with Crippen molar-refractivity contribution >= 4 is 40.1 Å². The highest BCUT2D eigenvalue weighted by Gasteiger charge is 2.33. The smallest absolute Gasteiger partial charge is 0.229 e. The van der Waals surface area contributed by atoms with Crippen molar-refractivity contribution < 1.29 is 14.0 Å². The van der Waals surface area contributed by atoms with Gasteiger partial charge in [-0.1, -0.05) is 12.1 Å². The second-order valence-electron chi connectivity index (χ2n) is 6.11. The summed E-state index contributed by atoms with van der Waals surface area (Å²) in [6.07, 6.45) is 0.886. The molecule has 0 saturated carbocycles. The Morgan fingerprint density at radius 2 is 1.84 bits per heavy atom. The highest BCUT2D eigenvalue weighted by molar-refractivity contribution is 14.1. The fourth-order valence-electron chi connectivity index (χ4n) is 2.86. The van der Waals surface area contributed by atoms with Crippen molar-refractivity contribution in [3.63, 3.8) is 0 Å². The standard InChI is InChI=1S/C19H18FIN2O2/c20-15-3-1-13(2-4-15)9-10-23-12-14(11-18(23)24)19(25)22-17-7-5-16(21)6-8-17/h1-8,14H,9-12H2,(H,22,25). The van der Waals surface area contributed by atoms with Gasteiger partial charge in [-0.05, 0) is 71.0 Å². The van der Waals surface area contributed by atoms with E-state index in [9.17, 15) is 14.0 Å². The SMILES string of the molecule is O=C(Nc1ccc(I)cc1)C1CC(=O)N(CCc2ccc(F)cc2)C1. The average Bonchev–Trinajstić information content (AvgIpc) is 2.97. The summed E-state index contributed by atoms with van der Waals surface area (Å²) in [6, 6.07) is 13.8. The summed E-state index contributed by atoms with van der Waals surface area (Å²) >= 11 is 2.20. The Hall–Kier alpha value is -1.96. The zero-order chi connectivity index (χ0) is 17.8. The van der Waals surface area contributed by atoms with Crippen LogP contribution in [0.15, 0.2) is 48.5 Å². The molecule has 0 radical (unpaired) electrons. The Balaban J connectivity index is 1.53. The Kier molecular flexibility index (Phi) is 5.67. The monoisotopic (exact) mass is 452 g/mol. The summed E-state index contributed by atoms with van der Waals surface area (Å²) in [7, 11) is 0. The van der Waals surface area contributed by atoms with Crippen LogP contribution in [0.4, 0.5) is 10.1 Å². The van der Waals surface area contributed by atoms with E-state index in [1.165, 1.54) is 12.1 Å². The van der Waals surface area contributed by atoms with Gasteiger partial charge in [0.05, 0.1) is 5.92 Å². The van der Waals surface area contributed by atoms with Gasteiger partial charge in [0.2, 0.25) is 11.8 Å². The van der Waals surface area contributed by atoms with E-state index < -0.39 is 0 Å². The fraction of sp³-hybridized carbons (Fsp3) is 0.263. The topological polar surface area (TPSA) is 49.4 Å². The minimum atomic E-state index is -0.333. The molecule has 2 amide bonds. The number of amides is 2. The predicted molar refractivity (Wildman–Crippen MR) is 103 cm³/mol. The Labute approximate surface area is 159 Å². The first-order valence-corrected chi connectivity index (χ1v) is 9.18. The molecule has 1 N–H and O–H groups in total. The number of nitrogens with zero attached hydrogens (tertiary/aromatic N) is 1. The van der Waals surface area contributed by atoms with Crippen LogP contribution in [0, 0.1) is 15.3 Å². The molecular formula is C19H18FIN2O2. The van der Waals surface area contributed by atoms with Gasteiger partial charge in [-0.2, -0.15) is 0 Å². The number of hydrogen-bond acceptors (Lipinski definition) is 2. The van der Waals surface area contributed by atoms with E-state index in [0.29, 0.717) is 19.5 Å². The van der Waals surface area contributed by atoms with Gasteiger partial charge in [0.1, 0.15) is 5.82 Å². The van der Waals surface area contributed by atoms with E-state index in [1.807, 2.05) is 24.3 Å². The molecular weight excluding hydrogens is 434 g/mol. The molecule has 0 aromatic heterocycles. The van der Waals surface area contributed by atoms with Gasteiger partial charge >= 0.3 is 0 Å². The van der Waals surface area contributed by atoms with E-state index in [0.717, 1.165) is 14.8 Å². The number of hydrogen-bond donors (Lipinski definition) is 1. The summed E-state index contributed by atoms with van der Waals surface area (Å²) in [5.74, 6) is -0.739. The number of halogens is 2. The fourth-order valence-corrected chi connectivity index (χ4v) is 3.22. The minimum Gasteiger partial charge on any atom is -0.342 e. The molecule has 25 heavy (non-hydrogen) atoms. The van der Waals surface area contributed by atoms with Crippen LogP contribution in [-0.4, -0.2) is 29.8 Å². The minimum absolute atomic E-state index is 0.00938. The third-order valence-electron chi connectivity index (χ3n) is 4.28. The average molecular weight is 452 g/mol. The quantitative estimate of drug-likeness (QED) is 0.707. The molecule has 1 saturated heterocycles. The molecule has 0 spiro atoms. The molecule has 1 atom stereocenters. The summed E-state index contributed by atoms with van der Waals surface area (Å²) in [4.78, 5) is 26.2. The van der Waals surface area contributed by atoms with Gasteiger partial charge in [0.25, 0.3) is 0 Å². The van der Waals surface area contributed by atoms with Crippen LogP contribution in [0.3, 0.4) is 0 Å². The van der Waals surface area contributed by atoms with Gasteiger partial charge < -0.3 is 10.2 Å². The maximum absolute atomic E-state index is 12.9. The van der Waals surface area contributed by atoms with Crippen LogP contribution in [0.2, 0.25) is 0 Å². The molecule has 2 aromatic carbocycles. The molecule has 3 rings (SSSR count). The van der Waals surface area contributed by atoms with Gasteiger partial charge in [-0.25, -0.2) is 4.39 Å². The van der Waals surface area contributed by atoms with E-state index in [2.05, 4.69) is 27.9 Å². The molecule has 6 heteroatoms. The van der Waals surface area contributed by atoms with Gasteiger partial charge in [0.15, 0.2) is 0 Å². The van der Waals surface area contributed by atoms with Crippen molar-refractivity contribution in [1.82, 2.24) is 4.90 Å². The Bertz CT molecular complexity index is 762. The highest BCUT2D eigenvalue weighted by Crippen LogP contribution is 2.21. The normalized spacial score (nSPS) is 17.0.